The SMILES string of the molecule is CN(Cc1ccc2c(c1)OCCO2)C(=O)c1csc(-c2cccs2)n1. The molecule has 0 bridgehead atoms. The Morgan fingerprint density at radius 2 is 2.04 bits per heavy atom. The van der Waals surface area contributed by atoms with Gasteiger partial charge in [0.05, 0.1) is 4.88 Å². The zero-order valence-corrected chi connectivity index (χ0v) is 15.2. The summed E-state index contributed by atoms with van der Waals surface area (Å²) in [5.41, 5.74) is 1.47. The third-order valence-electron chi connectivity index (χ3n) is 3.83. The number of rotatable bonds is 4. The average molecular weight is 372 g/mol. The summed E-state index contributed by atoms with van der Waals surface area (Å²) in [5, 5.41) is 4.70. The number of hydrogen-bond acceptors (Lipinski definition) is 6. The van der Waals surface area contributed by atoms with Gasteiger partial charge >= 0.3 is 0 Å². The number of fused-ring (bicyclic) bond motifs is 1. The normalized spacial score (nSPS) is 12.8. The molecule has 128 valence electrons. The lowest BCUT2D eigenvalue weighted by molar-refractivity contribution is 0.0780. The van der Waals surface area contributed by atoms with Gasteiger partial charge < -0.3 is 14.4 Å². The van der Waals surface area contributed by atoms with Gasteiger partial charge in [0.15, 0.2) is 11.5 Å². The lowest BCUT2D eigenvalue weighted by atomic mass is 10.2. The molecule has 4 rings (SSSR count). The van der Waals surface area contributed by atoms with Crippen LogP contribution in [0.15, 0.2) is 41.1 Å². The molecule has 0 radical (unpaired) electrons. The van der Waals surface area contributed by atoms with E-state index in [0.717, 1.165) is 26.9 Å². The van der Waals surface area contributed by atoms with Gasteiger partial charge in [-0.1, -0.05) is 12.1 Å². The van der Waals surface area contributed by atoms with Gasteiger partial charge in [-0.2, -0.15) is 0 Å². The van der Waals surface area contributed by atoms with Crippen molar-refractivity contribution in [2.45, 2.75) is 6.54 Å². The van der Waals surface area contributed by atoms with Crippen molar-refractivity contribution in [3.05, 3.63) is 52.3 Å². The van der Waals surface area contributed by atoms with Gasteiger partial charge in [-0.25, -0.2) is 4.98 Å². The van der Waals surface area contributed by atoms with E-state index in [1.165, 1.54) is 11.3 Å². The van der Waals surface area contributed by atoms with Crippen LogP contribution in [0.3, 0.4) is 0 Å². The third kappa shape index (κ3) is 3.38. The van der Waals surface area contributed by atoms with Crippen LogP contribution in [0.1, 0.15) is 16.1 Å². The number of aromatic nitrogens is 1. The molecule has 2 aromatic heterocycles. The molecule has 0 atom stereocenters. The van der Waals surface area contributed by atoms with E-state index < -0.39 is 0 Å². The Hall–Kier alpha value is -2.38. The molecule has 7 heteroatoms. The predicted octanol–water partition coefficient (Wildman–Crippen LogP) is 3.92. The summed E-state index contributed by atoms with van der Waals surface area (Å²) in [6.07, 6.45) is 0. The van der Waals surface area contributed by atoms with E-state index in [2.05, 4.69) is 4.98 Å². The van der Waals surface area contributed by atoms with Crippen molar-refractivity contribution in [3.8, 4) is 21.4 Å². The van der Waals surface area contributed by atoms with Crippen LogP contribution in [0, 0.1) is 0 Å². The molecule has 1 aliphatic rings. The van der Waals surface area contributed by atoms with Crippen molar-refractivity contribution in [1.82, 2.24) is 9.88 Å². The van der Waals surface area contributed by atoms with E-state index in [1.807, 2.05) is 41.1 Å². The summed E-state index contributed by atoms with van der Waals surface area (Å²) in [6, 6.07) is 9.76. The number of benzene rings is 1. The maximum Gasteiger partial charge on any atom is 0.273 e. The second kappa shape index (κ2) is 6.85. The van der Waals surface area contributed by atoms with Crippen LogP contribution in [0.2, 0.25) is 0 Å². The van der Waals surface area contributed by atoms with E-state index >= 15 is 0 Å². The minimum atomic E-state index is -0.0889. The highest BCUT2D eigenvalue weighted by atomic mass is 32.1. The Bertz CT molecular complexity index is 890. The van der Waals surface area contributed by atoms with Crippen molar-refractivity contribution in [2.75, 3.05) is 20.3 Å². The quantitative estimate of drug-likeness (QED) is 0.697. The van der Waals surface area contributed by atoms with Crippen molar-refractivity contribution in [3.63, 3.8) is 0 Å². The lowest BCUT2D eigenvalue weighted by Gasteiger charge is -2.21. The smallest absolute Gasteiger partial charge is 0.273 e. The van der Waals surface area contributed by atoms with Crippen LogP contribution >= 0.6 is 22.7 Å². The first-order chi connectivity index (χ1) is 12.2. The van der Waals surface area contributed by atoms with Crippen LogP contribution in [0.25, 0.3) is 9.88 Å². The number of amides is 1. The van der Waals surface area contributed by atoms with E-state index in [0.29, 0.717) is 25.5 Å². The number of carbonyl (C=O) groups is 1. The average Bonchev–Trinajstić information content (AvgIpc) is 3.32. The third-order valence-corrected chi connectivity index (χ3v) is 5.71. The molecule has 3 aromatic rings. The minimum absolute atomic E-state index is 0.0889. The van der Waals surface area contributed by atoms with E-state index in [-0.39, 0.29) is 5.91 Å². The zero-order valence-electron chi connectivity index (χ0n) is 13.6. The van der Waals surface area contributed by atoms with Gasteiger partial charge in [-0.3, -0.25) is 4.79 Å². The van der Waals surface area contributed by atoms with Crippen molar-refractivity contribution >= 4 is 28.6 Å². The van der Waals surface area contributed by atoms with Crippen LogP contribution in [0.4, 0.5) is 0 Å². The monoisotopic (exact) mass is 372 g/mol. The van der Waals surface area contributed by atoms with E-state index in [4.69, 9.17) is 9.47 Å². The highest BCUT2D eigenvalue weighted by Crippen LogP contribution is 2.31. The topological polar surface area (TPSA) is 51.7 Å². The van der Waals surface area contributed by atoms with Crippen molar-refractivity contribution < 1.29 is 14.3 Å². The molecule has 0 fully saturated rings. The molecule has 1 amide bonds. The molecule has 5 nitrogen and oxygen atoms in total. The standard InChI is InChI=1S/C18H16N2O3S2/c1-20(10-12-4-5-14-15(9-12)23-7-6-22-14)18(21)13-11-25-17(19-13)16-3-2-8-24-16/h2-5,8-9,11H,6-7,10H2,1H3. The molecule has 0 aliphatic carbocycles. The molecule has 1 aliphatic heterocycles. The van der Waals surface area contributed by atoms with Crippen LogP contribution in [-0.4, -0.2) is 36.1 Å². The predicted molar refractivity (Wildman–Crippen MR) is 98.7 cm³/mol. The van der Waals surface area contributed by atoms with Gasteiger partial charge in [0, 0.05) is 19.0 Å². The highest BCUT2D eigenvalue weighted by Gasteiger charge is 2.18. The summed E-state index contributed by atoms with van der Waals surface area (Å²) < 4.78 is 11.1. The Labute approximate surface area is 153 Å². The molecule has 0 N–H and O–H groups in total. The Morgan fingerprint density at radius 3 is 2.84 bits per heavy atom. The molecule has 3 heterocycles. The lowest BCUT2D eigenvalue weighted by Crippen LogP contribution is -2.26. The molecule has 0 spiro atoms. The van der Waals surface area contributed by atoms with E-state index in [1.54, 1.807) is 23.3 Å². The van der Waals surface area contributed by atoms with Gasteiger partial charge in [-0.15, -0.1) is 22.7 Å². The Kier molecular flexibility index (Phi) is 4.42. The Morgan fingerprint density at radius 1 is 1.20 bits per heavy atom. The van der Waals surface area contributed by atoms with Crippen LogP contribution < -0.4 is 9.47 Å². The molecule has 0 unspecified atom stereocenters. The number of thiazole rings is 1. The first-order valence-corrected chi connectivity index (χ1v) is 9.60. The first-order valence-electron chi connectivity index (χ1n) is 7.84. The van der Waals surface area contributed by atoms with E-state index in [9.17, 15) is 4.79 Å². The number of ether oxygens (including phenoxy) is 2. The fourth-order valence-corrected chi connectivity index (χ4v) is 4.22. The maximum atomic E-state index is 12.6. The highest BCUT2D eigenvalue weighted by molar-refractivity contribution is 7.20. The number of nitrogens with zero attached hydrogens (tertiary/aromatic N) is 2. The maximum absolute atomic E-state index is 12.6. The summed E-state index contributed by atoms with van der Waals surface area (Å²) in [7, 11) is 1.78. The van der Waals surface area contributed by atoms with Crippen molar-refractivity contribution in [2.24, 2.45) is 0 Å². The zero-order chi connectivity index (χ0) is 17.2. The first kappa shape index (κ1) is 16.1. The second-order valence-electron chi connectivity index (χ2n) is 5.65. The second-order valence-corrected chi connectivity index (χ2v) is 7.46. The van der Waals surface area contributed by atoms with Gasteiger partial charge in [0.1, 0.15) is 23.9 Å². The minimum Gasteiger partial charge on any atom is -0.486 e. The molecule has 25 heavy (non-hydrogen) atoms. The molecular formula is C18H16N2O3S2. The van der Waals surface area contributed by atoms with Gasteiger partial charge in [0.2, 0.25) is 0 Å². The number of carbonyl (C=O) groups excluding carboxylic acids is 1. The van der Waals surface area contributed by atoms with Gasteiger partial charge in [0.25, 0.3) is 5.91 Å². The molecule has 0 saturated carbocycles. The number of hydrogen-bond donors (Lipinski definition) is 0. The van der Waals surface area contributed by atoms with Crippen LogP contribution in [-0.2, 0) is 6.54 Å². The summed E-state index contributed by atoms with van der Waals surface area (Å²) >= 11 is 3.12. The molecular weight excluding hydrogens is 356 g/mol. The van der Waals surface area contributed by atoms with Crippen molar-refractivity contribution in [1.29, 1.82) is 0 Å². The Balaban J connectivity index is 1.47. The van der Waals surface area contributed by atoms with Gasteiger partial charge in [-0.05, 0) is 29.1 Å². The molecule has 0 saturated heterocycles. The molecule has 1 aromatic carbocycles. The largest absolute Gasteiger partial charge is 0.486 e. The summed E-state index contributed by atoms with van der Waals surface area (Å²) in [5.74, 6) is 1.40. The summed E-state index contributed by atoms with van der Waals surface area (Å²) in [6.45, 7) is 1.61. The summed E-state index contributed by atoms with van der Waals surface area (Å²) in [4.78, 5) is 19.9. The number of thiophene rings is 1. The fraction of sp³-hybridized carbons (Fsp3) is 0.222. The fourth-order valence-electron chi connectivity index (χ4n) is 2.61. The van der Waals surface area contributed by atoms with Crippen LogP contribution in [0.5, 0.6) is 11.5 Å².